The van der Waals surface area contributed by atoms with E-state index in [1.54, 1.807) is 30.3 Å². The van der Waals surface area contributed by atoms with Crippen LogP contribution in [0, 0.1) is 5.92 Å². The first-order valence-corrected chi connectivity index (χ1v) is 12.3. The van der Waals surface area contributed by atoms with E-state index in [2.05, 4.69) is 27.2 Å². The Labute approximate surface area is 209 Å². The van der Waals surface area contributed by atoms with Crippen LogP contribution in [-0.4, -0.2) is 57.2 Å². The van der Waals surface area contributed by atoms with Crippen molar-refractivity contribution in [3.63, 3.8) is 0 Å². The third kappa shape index (κ3) is 4.94. The number of aryl methyl sites for hydroxylation is 1. The average molecular weight is 490 g/mol. The van der Waals surface area contributed by atoms with E-state index in [0.717, 1.165) is 38.2 Å². The van der Waals surface area contributed by atoms with Gasteiger partial charge in [-0.1, -0.05) is 24.3 Å². The SMILES string of the molecule is C[C@@H]1[C@H](CC(=O)c2ccc(C3COC3)cc2)CCCN1c1cnc(C(N)=O)c(Nc2cnn(C)c2)n1. The van der Waals surface area contributed by atoms with Crippen molar-refractivity contribution >= 4 is 29.0 Å². The summed E-state index contributed by atoms with van der Waals surface area (Å²) in [7, 11) is 1.80. The third-order valence-corrected chi connectivity index (χ3v) is 7.19. The van der Waals surface area contributed by atoms with Crippen molar-refractivity contribution in [2.45, 2.75) is 38.1 Å². The number of primary amides is 1. The first-order chi connectivity index (χ1) is 17.4. The van der Waals surface area contributed by atoms with E-state index in [1.165, 1.54) is 5.56 Å². The van der Waals surface area contributed by atoms with Crippen LogP contribution in [0.1, 0.15) is 58.5 Å². The minimum absolute atomic E-state index is 0.0657. The number of nitrogens with two attached hydrogens (primary N) is 1. The second-order valence-corrected chi connectivity index (χ2v) is 9.64. The van der Waals surface area contributed by atoms with Crippen LogP contribution in [0.5, 0.6) is 0 Å². The number of amides is 1. The Bertz CT molecular complexity index is 1250. The number of rotatable bonds is 8. The number of Topliss-reactive ketones (excluding diaryl/α,β-unsaturated/α-hetero) is 1. The number of nitrogens with one attached hydrogen (secondary N) is 1. The van der Waals surface area contributed by atoms with Gasteiger partial charge in [-0.05, 0) is 31.2 Å². The minimum Gasteiger partial charge on any atom is -0.380 e. The number of nitrogens with zero attached hydrogens (tertiary/aromatic N) is 5. The maximum absolute atomic E-state index is 13.1. The fourth-order valence-electron chi connectivity index (χ4n) is 4.95. The molecule has 0 aliphatic carbocycles. The monoisotopic (exact) mass is 489 g/mol. The molecule has 2 saturated heterocycles. The highest BCUT2D eigenvalue weighted by molar-refractivity contribution is 5.97. The van der Waals surface area contributed by atoms with Crippen molar-refractivity contribution in [1.29, 1.82) is 0 Å². The fraction of sp³-hybridized carbons (Fsp3) is 0.423. The molecule has 188 valence electrons. The summed E-state index contributed by atoms with van der Waals surface area (Å²) < 4.78 is 6.92. The van der Waals surface area contributed by atoms with Crippen LogP contribution in [0.3, 0.4) is 0 Å². The zero-order chi connectivity index (χ0) is 25.2. The Morgan fingerprint density at radius 2 is 1.97 bits per heavy atom. The van der Waals surface area contributed by atoms with Gasteiger partial charge in [-0.2, -0.15) is 5.10 Å². The number of piperidine rings is 1. The summed E-state index contributed by atoms with van der Waals surface area (Å²) in [6, 6.07) is 8.04. The van der Waals surface area contributed by atoms with E-state index in [9.17, 15) is 9.59 Å². The molecule has 3 N–H and O–H groups in total. The molecule has 1 amide bonds. The molecule has 2 aliphatic rings. The van der Waals surface area contributed by atoms with Gasteiger partial charge in [0.2, 0.25) is 0 Å². The number of carbonyl (C=O) groups is 2. The molecule has 36 heavy (non-hydrogen) atoms. The van der Waals surface area contributed by atoms with Gasteiger partial charge in [-0.3, -0.25) is 14.3 Å². The van der Waals surface area contributed by atoms with Gasteiger partial charge >= 0.3 is 0 Å². The lowest BCUT2D eigenvalue weighted by atomic mass is 9.84. The molecular formula is C26H31N7O3. The van der Waals surface area contributed by atoms with Crippen LogP contribution < -0.4 is 16.0 Å². The number of hydrogen-bond donors (Lipinski definition) is 2. The smallest absolute Gasteiger partial charge is 0.271 e. The molecule has 2 atom stereocenters. The number of ketones is 1. The van der Waals surface area contributed by atoms with Crippen molar-refractivity contribution in [2.24, 2.45) is 18.7 Å². The van der Waals surface area contributed by atoms with Gasteiger partial charge in [0.25, 0.3) is 5.91 Å². The Morgan fingerprint density at radius 3 is 2.61 bits per heavy atom. The Balaban J connectivity index is 1.31. The Hall–Kier alpha value is -3.79. The van der Waals surface area contributed by atoms with Crippen molar-refractivity contribution in [2.75, 3.05) is 30.0 Å². The van der Waals surface area contributed by atoms with E-state index < -0.39 is 5.91 Å². The van der Waals surface area contributed by atoms with Crippen LogP contribution >= 0.6 is 0 Å². The number of benzene rings is 1. The molecule has 1 aromatic carbocycles. The molecule has 10 nitrogen and oxygen atoms in total. The predicted molar refractivity (Wildman–Crippen MR) is 136 cm³/mol. The number of hydrogen-bond acceptors (Lipinski definition) is 8. The van der Waals surface area contributed by atoms with Gasteiger partial charge in [0, 0.05) is 43.7 Å². The lowest BCUT2D eigenvalue weighted by Crippen LogP contribution is -2.44. The summed E-state index contributed by atoms with van der Waals surface area (Å²) in [6.07, 6.45) is 7.37. The highest BCUT2D eigenvalue weighted by Crippen LogP contribution is 2.32. The number of anilines is 3. The largest absolute Gasteiger partial charge is 0.380 e. The summed E-state index contributed by atoms with van der Waals surface area (Å²) in [5.41, 5.74) is 8.26. The fourth-order valence-corrected chi connectivity index (χ4v) is 4.95. The zero-order valence-electron chi connectivity index (χ0n) is 20.6. The summed E-state index contributed by atoms with van der Waals surface area (Å²) in [5, 5.41) is 7.24. The first kappa shape index (κ1) is 23.9. The Morgan fingerprint density at radius 1 is 1.19 bits per heavy atom. The van der Waals surface area contributed by atoms with Gasteiger partial charge in [0.15, 0.2) is 17.3 Å². The van der Waals surface area contributed by atoms with E-state index in [4.69, 9.17) is 15.5 Å². The summed E-state index contributed by atoms with van der Waals surface area (Å²) in [6.45, 7) is 4.42. The normalized spacial score (nSPS) is 20.1. The molecule has 3 aromatic rings. The molecule has 0 radical (unpaired) electrons. The van der Waals surface area contributed by atoms with Crippen molar-refractivity contribution in [3.05, 3.63) is 59.7 Å². The molecule has 0 spiro atoms. The van der Waals surface area contributed by atoms with E-state index in [-0.39, 0.29) is 29.3 Å². The van der Waals surface area contributed by atoms with Crippen LogP contribution in [0.4, 0.5) is 17.3 Å². The van der Waals surface area contributed by atoms with Crippen molar-refractivity contribution in [1.82, 2.24) is 19.7 Å². The molecule has 0 bridgehead atoms. The van der Waals surface area contributed by atoms with Crippen LogP contribution in [0.2, 0.25) is 0 Å². The van der Waals surface area contributed by atoms with Gasteiger partial charge in [-0.15, -0.1) is 0 Å². The second kappa shape index (κ2) is 10.1. The number of ether oxygens (including phenoxy) is 1. The lowest BCUT2D eigenvalue weighted by molar-refractivity contribution is 0.00842. The van der Waals surface area contributed by atoms with E-state index in [0.29, 0.717) is 23.8 Å². The van der Waals surface area contributed by atoms with Crippen LogP contribution in [0.25, 0.3) is 0 Å². The van der Waals surface area contributed by atoms with E-state index >= 15 is 0 Å². The summed E-state index contributed by atoms with van der Waals surface area (Å²) in [5.74, 6) is 1.04. The summed E-state index contributed by atoms with van der Waals surface area (Å²) >= 11 is 0. The molecule has 5 rings (SSSR count). The molecule has 0 saturated carbocycles. The highest BCUT2D eigenvalue weighted by Gasteiger charge is 2.31. The number of aromatic nitrogens is 4. The van der Waals surface area contributed by atoms with Gasteiger partial charge in [-0.25, -0.2) is 9.97 Å². The number of carbonyl (C=O) groups excluding carboxylic acids is 2. The maximum Gasteiger partial charge on any atom is 0.271 e. The lowest BCUT2D eigenvalue weighted by Gasteiger charge is -2.40. The van der Waals surface area contributed by atoms with Crippen molar-refractivity contribution < 1.29 is 14.3 Å². The zero-order valence-corrected chi connectivity index (χ0v) is 20.6. The third-order valence-electron chi connectivity index (χ3n) is 7.19. The standard InChI is InChI=1S/C26H31N7O3/c1-16-19(10-22(34)18-7-5-17(6-8-18)20-14-36-15-20)4-3-9-33(16)23-12-28-24(25(27)35)26(31-23)30-21-11-29-32(2)13-21/h5-8,11-13,16,19-20H,3-4,9-10,14-15H2,1-2H3,(H2,27,35)(H,30,31)/t16-,19+/m1/s1. The van der Waals surface area contributed by atoms with Gasteiger partial charge < -0.3 is 20.7 Å². The molecule has 0 unspecified atom stereocenters. The quantitative estimate of drug-likeness (QED) is 0.462. The average Bonchev–Trinajstić information content (AvgIpc) is 3.24. The van der Waals surface area contributed by atoms with E-state index in [1.807, 2.05) is 24.3 Å². The second-order valence-electron chi connectivity index (χ2n) is 9.64. The van der Waals surface area contributed by atoms with Crippen LogP contribution in [-0.2, 0) is 11.8 Å². The minimum atomic E-state index is -0.661. The van der Waals surface area contributed by atoms with Gasteiger partial charge in [0.1, 0.15) is 5.82 Å². The first-order valence-electron chi connectivity index (χ1n) is 12.3. The predicted octanol–water partition coefficient (Wildman–Crippen LogP) is 3.04. The van der Waals surface area contributed by atoms with Gasteiger partial charge in [0.05, 0.1) is 31.3 Å². The molecule has 2 aromatic heterocycles. The summed E-state index contributed by atoms with van der Waals surface area (Å²) in [4.78, 5) is 36.2. The molecular weight excluding hydrogens is 458 g/mol. The maximum atomic E-state index is 13.1. The highest BCUT2D eigenvalue weighted by atomic mass is 16.5. The molecule has 4 heterocycles. The molecule has 2 fully saturated rings. The Kier molecular flexibility index (Phi) is 6.69. The van der Waals surface area contributed by atoms with Crippen LogP contribution in [0.15, 0.2) is 42.9 Å². The van der Waals surface area contributed by atoms with Crippen molar-refractivity contribution in [3.8, 4) is 0 Å². The topological polar surface area (TPSA) is 128 Å². The molecule has 2 aliphatic heterocycles. The molecule has 10 heteroatoms.